The van der Waals surface area contributed by atoms with Crippen LogP contribution in [0.25, 0.3) is 0 Å². The van der Waals surface area contributed by atoms with Crippen LogP contribution in [0, 0.1) is 0 Å². The van der Waals surface area contributed by atoms with Crippen LogP contribution in [0.3, 0.4) is 0 Å². The van der Waals surface area contributed by atoms with Gasteiger partial charge in [-0.1, -0.05) is 11.6 Å². The molecule has 94 valence electrons. The lowest BCUT2D eigenvalue weighted by molar-refractivity contribution is 0.127. The Bertz CT molecular complexity index is 509. The molecule has 1 atom stereocenters. The summed E-state index contributed by atoms with van der Waals surface area (Å²) in [5.74, 6) is 0.00719. The van der Waals surface area contributed by atoms with Crippen LogP contribution in [0.15, 0.2) is 23.1 Å². The number of sulfone groups is 1. The Morgan fingerprint density at radius 2 is 2.24 bits per heavy atom. The monoisotopic (exact) mass is 275 g/mol. The second kappa shape index (κ2) is 4.84. The number of anilines is 1. The van der Waals surface area contributed by atoms with Gasteiger partial charge in [-0.15, -0.1) is 0 Å². The Morgan fingerprint density at radius 3 is 2.82 bits per heavy atom. The first-order chi connectivity index (χ1) is 7.99. The number of hydrogen-bond donors (Lipinski definition) is 1. The molecule has 2 N–H and O–H groups in total. The maximum absolute atomic E-state index is 12.1. The Morgan fingerprint density at radius 1 is 1.47 bits per heavy atom. The smallest absolute Gasteiger partial charge is 0.180 e. The van der Waals surface area contributed by atoms with Crippen LogP contribution >= 0.6 is 11.6 Å². The molecular weight excluding hydrogens is 262 g/mol. The summed E-state index contributed by atoms with van der Waals surface area (Å²) in [6.45, 7) is 0.642. The molecule has 0 bridgehead atoms. The van der Waals surface area contributed by atoms with Gasteiger partial charge >= 0.3 is 0 Å². The van der Waals surface area contributed by atoms with Gasteiger partial charge in [0.15, 0.2) is 9.84 Å². The number of ether oxygens (including phenoxy) is 1. The second-order valence-corrected chi connectivity index (χ2v) is 6.54. The zero-order valence-electron chi connectivity index (χ0n) is 9.23. The van der Waals surface area contributed by atoms with Gasteiger partial charge in [0.05, 0.1) is 27.5 Å². The van der Waals surface area contributed by atoms with Gasteiger partial charge in [0.1, 0.15) is 0 Å². The third kappa shape index (κ3) is 2.91. The van der Waals surface area contributed by atoms with Crippen molar-refractivity contribution in [1.82, 2.24) is 0 Å². The first kappa shape index (κ1) is 12.7. The van der Waals surface area contributed by atoms with Crippen molar-refractivity contribution in [3.8, 4) is 0 Å². The Balaban J connectivity index is 2.21. The van der Waals surface area contributed by atoms with Gasteiger partial charge in [0, 0.05) is 6.61 Å². The van der Waals surface area contributed by atoms with Crippen LogP contribution in [-0.4, -0.2) is 26.9 Å². The van der Waals surface area contributed by atoms with Crippen LogP contribution in [0.2, 0.25) is 5.02 Å². The van der Waals surface area contributed by atoms with E-state index in [0.717, 1.165) is 12.8 Å². The van der Waals surface area contributed by atoms with Gasteiger partial charge in [0.2, 0.25) is 0 Å². The van der Waals surface area contributed by atoms with Crippen molar-refractivity contribution in [1.29, 1.82) is 0 Å². The molecule has 1 aromatic rings. The van der Waals surface area contributed by atoms with E-state index in [1.165, 1.54) is 18.2 Å². The number of nitrogen functional groups attached to an aromatic ring is 1. The van der Waals surface area contributed by atoms with Crippen molar-refractivity contribution < 1.29 is 13.2 Å². The van der Waals surface area contributed by atoms with Crippen LogP contribution < -0.4 is 5.73 Å². The van der Waals surface area contributed by atoms with Crippen LogP contribution in [0.5, 0.6) is 0 Å². The van der Waals surface area contributed by atoms with Crippen molar-refractivity contribution in [2.45, 2.75) is 23.8 Å². The standard InChI is InChI=1S/C11H14ClNO3S/c12-10-6-9(3-4-11(10)13)17(14,15)7-8-2-1-5-16-8/h3-4,6,8H,1-2,5,7,13H2. The molecule has 0 radical (unpaired) electrons. The summed E-state index contributed by atoms with van der Waals surface area (Å²) >= 11 is 5.82. The van der Waals surface area contributed by atoms with Gasteiger partial charge in [-0.3, -0.25) is 0 Å². The van der Waals surface area contributed by atoms with Crippen LogP contribution in [-0.2, 0) is 14.6 Å². The predicted octanol–water partition coefficient (Wildman–Crippen LogP) is 1.87. The number of hydrogen-bond acceptors (Lipinski definition) is 4. The zero-order valence-corrected chi connectivity index (χ0v) is 10.8. The molecule has 1 unspecified atom stereocenters. The summed E-state index contributed by atoms with van der Waals surface area (Å²) in [7, 11) is -3.35. The summed E-state index contributed by atoms with van der Waals surface area (Å²) in [6.07, 6.45) is 1.52. The highest BCUT2D eigenvalue weighted by Crippen LogP contribution is 2.25. The van der Waals surface area contributed by atoms with E-state index >= 15 is 0 Å². The molecule has 2 rings (SSSR count). The molecule has 1 saturated heterocycles. The van der Waals surface area contributed by atoms with Gasteiger partial charge in [-0.25, -0.2) is 8.42 Å². The maximum atomic E-state index is 12.1. The van der Waals surface area contributed by atoms with Crippen molar-refractivity contribution in [2.24, 2.45) is 0 Å². The number of nitrogens with two attached hydrogens (primary N) is 1. The molecule has 6 heteroatoms. The third-order valence-electron chi connectivity index (χ3n) is 2.76. The molecule has 0 aliphatic carbocycles. The van der Waals surface area contributed by atoms with Crippen LogP contribution in [0.4, 0.5) is 5.69 Å². The Kier molecular flexibility index (Phi) is 3.61. The van der Waals surface area contributed by atoms with Gasteiger partial charge < -0.3 is 10.5 Å². The Labute approximate surface area is 106 Å². The fraction of sp³-hybridized carbons (Fsp3) is 0.455. The van der Waals surface area contributed by atoms with Crippen molar-refractivity contribution >= 4 is 27.1 Å². The molecule has 17 heavy (non-hydrogen) atoms. The molecule has 4 nitrogen and oxygen atoms in total. The SMILES string of the molecule is Nc1ccc(S(=O)(=O)CC2CCCO2)cc1Cl. The van der Waals surface area contributed by atoms with E-state index in [9.17, 15) is 8.42 Å². The largest absolute Gasteiger partial charge is 0.398 e. The van der Waals surface area contributed by atoms with Gasteiger partial charge in [0.25, 0.3) is 0 Å². The zero-order chi connectivity index (χ0) is 12.5. The van der Waals surface area contributed by atoms with E-state index in [2.05, 4.69) is 0 Å². The maximum Gasteiger partial charge on any atom is 0.180 e. The fourth-order valence-corrected chi connectivity index (χ4v) is 3.58. The van der Waals surface area contributed by atoms with E-state index in [1.807, 2.05) is 0 Å². The summed E-state index contributed by atoms with van der Waals surface area (Å²) in [6, 6.07) is 4.37. The first-order valence-corrected chi connectivity index (χ1v) is 7.41. The van der Waals surface area contributed by atoms with Crippen molar-refractivity contribution in [3.05, 3.63) is 23.2 Å². The average molecular weight is 276 g/mol. The lowest BCUT2D eigenvalue weighted by Crippen LogP contribution is -2.20. The third-order valence-corrected chi connectivity index (χ3v) is 4.87. The first-order valence-electron chi connectivity index (χ1n) is 5.38. The fourth-order valence-electron chi connectivity index (χ4n) is 1.82. The van der Waals surface area contributed by atoms with Gasteiger partial charge in [-0.05, 0) is 31.0 Å². The summed E-state index contributed by atoms with van der Waals surface area (Å²) < 4.78 is 29.5. The van der Waals surface area contributed by atoms with E-state index in [-0.39, 0.29) is 21.8 Å². The minimum atomic E-state index is -3.35. The minimum absolute atomic E-state index is 0.00719. The summed E-state index contributed by atoms with van der Waals surface area (Å²) in [5, 5.41) is 0.262. The van der Waals surface area contributed by atoms with Crippen LogP contribution in [0.1, 0.15) is 12.8 Å². The quantitative estimate of drug-likeness (QED) is 0.855. The lowest BCUT2D eigenvalue weighted by atomic mass is 10.3. The topological polar surface area (TPSA) is 69.4 Å². The predicted molar refractivity (Wildman–Crippen MR) is 66.9 cm³/mol. The van der Waals surface area contributed by atoms with E-state index in [0.29, 0.717) is 12.3 Å². The molecule has 1 aliphatic heterocycles. The molecule has 1 heterocycles. The molecule has 0 aromatic heterocycles. The lowest BCUT2D eigenvalue weighted by Gasteiger charge is -2.10. The number of benzene rings is 1. The highest BCUT2D eigenvalue weighted by Gasteiger charge is 2.25. The molecule has 0 saturated carbocycles. The number of halogens is 1. The second-order valence-electron chi connectivity index (χ2n) is 4.10. The summed E-state index contributed by atoms with van der Waals surface area (Å²) in [5.41, 5.74) is 5.92. The van der Waals surface area contributed by atoms with Crippen molar-refractivity contribution in [3.63, 3.8) is 0 Å². The molecule has 1 fully saturated rings. The molecule has 1 aliphatic rings. The van der Waals surface area contributed by atoms with E-state index in [4.69, 9.17) is 22.1 Å². The van der Waals surface area contributed by atoms with E-state index in [1.54, 1.807) is 0 Å². The molecule has 0 amide bonds. The summed E-state index contributed by atoms with van der Waals surface area (Å²) in [4.78, 5) is 0.201. The Hall–Kier alpha value is -0.780. The molecule has 1 aromatic carbocycles. The van der Waals surface area contributed by atoms with Gasteiger partial charge in [-0.2, -0.15) is 0 Å². The highest BCUT2D eigenvalue weighted by atomic mass is 35.5. The minimum Gasteiger partial charge on any atom is -0.398 e. The van der Waals surface area contributed by atoms with E-state index < -0.39 is 9.84 Å². The average Bonchev–Trinajstić information content (AvgIpc) is 2.73. The van der Waals surface area contributed by atoms with Crippen molar-refractivity contribution in [2.75, 3.05) is 18.1 Å². The molecule has 0 spiro atoms. The normalized spacial score (nSPS) is 20.6. The number of rotatable bonds is 3. The molecular formula is C11H14ClNO3S. The highest BCUT2D eigenvalue weighted by molar-refractivity contribution is 7.91.